The highest BCUT2D eigenvalue weighted by atomic mass is 16.5. The van der Waals surface area contributed by atoms with Crippen molar-refractivity contribution in [1.82, 2.24) is 15.1 Å². The number of amides is 1. The quantitative estimate of drug-likeness (QED) is 0.707. The summed E-state index contributed by atoms with van der Waals surface area (Å²) in [4.78, 5) is 16.7. The fraction of sp³-hybridized carbons (Fsp3) is 0.800. The SMILES string of the molecule is C#CCN1CCC(C(=O)NCCN2CCOCC2)CC1. The lowest BCUT2D eigenvalue weighted by molar-refractivity contribution is -0.126. The normalized spacial score (nSPS) is 22.4. The van der Waals surface area contributed by atoms with Crippen molar-refractivity contribution in [3.63, 3.8) is 0 Å². The van der Waals surface area contributed by atoms with E-state index in [1.165, 1.54) is 0 Å². The number of hydrogen-bond acceptors (Lipinski definition) is 4. The van der Waals surface area contributed by atoms with E-state index in [0.29, 0.717) is 6.54 Å². The van der Waals surface area contributed by atoms with E-state index in [0.717, 1.165) is 65.3 Å². The molecule has 1 N–H and O–H groups in total. The van der Waals surface area contributed by atoms with Crippen molar-refractivity contribution in [3.05, 3.63) is 0 Å². The van der Waals surface area contributed by atoms with Crippen LogP contribution in [0.25, 0.3) is 0 Å². The summed E-state index contributed by atoms with van der Waals surface area (Å²) in [6.45, 7) is 7.79. The Kier molecular flexibility index (Phi) is 6.31. The predicted molar refractivity (Wildman–Crippen MR) is 78.3 cm³/mol. The number of rotatable bonds is 5. The van der Waals surface area contributed by atoms with Gasteiger partial charge in [-0.05, 0) is 25.9 Å². The first-order valence-corrected chi connectivity index (χ1v) is 7.53. The molecule has 2 rings (SSSR count). The summed E-state index contributed by atoms with van der Waals surface area (Å²) in [6.07, 6.45) is 7.15. The average Bonchev–Trinajstić information content (AvgIpc) is 2.49. The minimum absolute atomic E-state index is 0.161. The molecule has 0 aromatic carbocycles. The van der Waals surface area contributed by atoms with Gasteiger partial charge in [0.1, 0.15) is 0 Å². The highest BCUT2D eigenvalue weighted by molar-refractivity contribution is 5.78. The average molecular weight is 279 g/mol. The monoisotopic (exact) mass is 279 g/mol. The molecule has 5 heteroatoms. The molecular weight excluding hydrogens is 254 g/mol. The van der Waals surface area contributed by atoms with Crippen LogP contribution in [0, 0.1) is 18.3 Å². The summed E-state index contributed by atoms with van der Waals surface area (Å²) in [7, 11) is 0. The maximum Gasteiger partial charge on any atom is 0.223 e. The third-order valence-corrected chi connectivity index (χ3v) is 4.10. The van der Waals surface area contributed by atoms with Crippen LogP contribution >= 0.6 is 0 Å². The fourth-order valence-corrected chi connectivity index (χ4v) is 2.79. The van der Waals surface area contributed by atoms with Crippen molar-refractivity contribution >= 4 is 5.91 Å². The lowest BCUT2D eigenvalue weighted by Crippen LogP contribution is -2.44. The van der Waals surface area contributed by atoms with E-state index in [1.807, 2.05) is 0 Å². The fourth-order valence-electron chi connectivity index (χ4n) is 2.79. The molecule has 0 bridgehead atoms. The van der Waals surface area contributed by atoms with Crippen LogP contribution < -0.4 is 5.32 Å². The van der Waals surface area contributed by atoms with Gasteiger partial charge in [0.25, 0.3) is 0 Å². The molecule has 0 atom stereocenters. The van der Waals surface area contributed by atoms with Crippen molar-refractivity contribution in [2.45, 2.75) is 12.8 Å². The van der Waals surface area contributed by atoms with E-state index < -0.39 is 0 Å². The Balaban J connectivity index is 1.59. The Morgan fingerprint density at radius 1 is 1.20 bits per heavy atom. The largest absolute Gasteiger partial charge is 0.379 e. The van der Waals surface area contributed by atoms with Crippen LogP contribution in [0.15, 0.2) is 0 Å². The Morgan fingerprint density at radius 2 is 1.90 bits per heavy atom. The van der Waals surface area contributed by atoms with Crippen LogP contribution in [0.1, 0.15) is 12.8 Å². The van der Waals surface area contributed by atoms with E-state index >= 15 is 0 Å². The van der Waals surface area contributed by atoms with Gasteiger partial charge in [0.2, 0.25) is 5.91 Å². The van der Waals surface area contributed by atoms with E-state index in [1.54, 1.807) is 0 Å². The molecule has 0 spiro atoms. The molecule has 0 aliphatic carbocycles. The molecule has 0 saturated carbocycles. The number of carbonyl (C=O) groups is 1. The molecule has 0 unspecified atom stereocenters. The standard InChI is InChI=1S/C15H25N3O2/c1-2-6-17-7-3-14(4-8-17)15(19)16-5-9-18-10-12-20-13-11-18/h1,14H,3-13H2,(H,16,19). The van der Waals surface area contributed by atoms with Crippen molar-refractivity contribution in [1.29, 1.82) is 0 Å². The second-order valence-electron chi connectivity index (χ2n) is 5.50. The summed E-state index contributed by atoms with van der Waals surface area (Å²) < 4.78 is 5.30. The van der Waals surface area contributed by atoms with Crippen LogP contribution in [-0.4, -0.2) is 74.7 Å². The topological polar surface area (TPSA) is 44.8 Å². The number of terminal acetylenes is 1. The van der Waals surface area contributed by atoms with E-state index in [-0.39, 0.29) is 11.8 Å². The number of morpholine rings is 1. The van der Waals surface area contributed by atoms with Gasteiger partial charge in [-0.15, -0.1) is 6.42 Å². The van der Waals surface area contributed by atoms with Gasteiger partial charge in [0, 0.05) is 32.1 Å². The second kappa shape index (κ2) is 8.25. The number of nitrogens with zero attached hydrogens (tertiary/aromatic N) is 2. The molecule has 0 aromatic rings. The molecule has 2 saturated heterocycles. The summed E-state index contributed by atoms with van der Waals surface area (Å²) in [5, 5.41) is 3.07. The lowest BCUT2D eigenvalue weighted by Gasteiger charge is -2.30. The van der Waals surface area contributed by atoms with Gasteiger partial charge in [0.15, 0.2) is 0 Å². The molecule has 0 aromatic heterocycles. The molecule has 2 aliphatic heterocycles. The minimum Gasteiger partial charge on any atom is -0.379 e. The molecule has 1 amide bonds. The van der Waals surface area contributed by atoms with Gasteiger partial charge in [-0.25, -0.2) is 0 Å². The first kappa shape index (κ1) is 15.3. The zero-order valence-electron chi connectivity index (χ0n) is 12.1. The smallest absolute Gasteiger partial charge is 0.223 e. The van der Waals surface area contributed by atoms with Crippen molar-refractivity contribution < 1.29 is 9.53 Å². The number of nitrogens with one attached hydrogen (secondary N) is 1. The number of hydrogen-bond donors (Lipinski definition) is 1. The Morgan fingerprint density at radius 3 is 2.55 bits per heavy atom. The van der Waals surface area contributed by atoms with E-state index in [4.69, 9.17) is 11.2 Å². The third-order valence-electron chi connectivity index (χ3n) is 4.10. The van der Waals surface area contributed by atoms with Crippen LogP contribution in [0.4, 0.5) is 0 Å². The summed E-state index contributed by atoms with van der Waals surface area (Å²) in [5.74, 6) is 3.03. The van der Waals surface area contributed by atoms with E-state index in [2.05, 4.69) is 21.0 Å². The maximum atomic E-state index is 12.1. The van der Waals surface area contributed by atoms with Crippen LogP contribution in [0.5, 0.6) is 0 Å². The Labute approximate surface area is 121 Å². The molecule has 112 valence electrons. The molecule has 5 nitrogen and oxygen atoms in total. The highest BCUT2D eigenvalue weighted by Gasteiger charge is 2.24. The summed E-state index contributed by atoms with van der Waals surface area (Å²) in [5.41, 5.74) is 0. The number of piperidine rings is 1. The van der Waals surface area contributed by atoms with Gasteiger partial charge < -0.3 is 10.1 Å². The zero-order valence-corrected chi connectivity index (χ0v) is 12.1. The van der Waals surface area contributed by atoms with Crippen molar-refractivity contribution in [3.8, 4) is 12.3 Å². The molecular formula is C15H25N3O2. The Hall–Kier alpha value is -1.09. The zero-order chi connectivity index (χ0) is 14.2. The van der Waals surface area contributed by atoms with E-state index in [9.17, 15) is 4.79 Å². The molecule has 2 aliphatic rings. The van der Waals surface area contributed by atoms with Crippen LogP contribution in [-0.2, 0) is 9.53 Å². The van der Waals surface area contributed by atoms with Gasteiger partial charge in [-0.3, -0.25) is 14.6 Å². The molecule has 2 heterocycles. The summed E-state index contributed by atoms with van der Waals surface area (Å²) in [6, 6.07) is 0. The number of ether oxygens (including phenoxy) is 1. The van der Waals surface area contributed by atoms with Gasteiger partial charge >= 0.3 is 0 Å². The number of likely N-dealkylation sites (tertiary alicyclic amines) is 1. The van der Waals surface area contributed by atoms with Crippen molar-refractivity contribution in [2.24, 2.45) is 5.92 Å². The molecule has 0 radical (unpaired) electrons. The van der Waals surface area contributed by atoms with Crippen molar-refractivity contribution in [2.75, 3.05) is 59.0 Å². The predicted octanol–water partition coefficient (Wildman–Crippen LogP) is -0.220. The van der Waals surface area contributed by atoms with Crippen LogP contribution in [0.2, 0.25) is 0 Å². The second-order valence-corrected chi connectivity index (χ2v) is 5.50. The molecule has 20 heavy (non-hydrogen) atoms. The number of carbonyl (C=O) groups excluding carboxylic acids is 1. The van der Waals surface area contributed by atoms with Gasteiger partial charge in [0.05, 0.1) is 19.8 Å². The van der Waals surface area contributed by atoms with Crippen LogP contribution in [0.3, 0.4) is 0 Å². The third kappa shape index (κ3) is 4.78. The first-order chi connectivity index (χ1) is 9.79. The Bertz CT molecular complexity index is 340. The first-order valence-electron chi connectivity index (χ1n) is 7.53. The highest BCUT2D eigenvalue weighted by Crippen LogP contribution is 2.16. The van der Waals surface area contributed by atoms with Gasteiger partial charge in [-0.1, -0.05) is 5.92 Å². The van der Waals surface area contributed by atoms with Gasteiger partial charge in [-0.2, -0.15) is 0 Å². The summed E-state index contributed by atoms with van der Waals surface area (Å²) >= 11 is 0. The maximum absolute atomic E-state index is 12.1. The minimum atomic E-state index is 0.161. The molecule has 2 fully saturated rings. The lowest BCUT2D eigenvalue weighted by atomic mass is 9.96.